The molecule has 0 unspecified atom stereocenters. The van der Waals surface area contributed by atoms with Crippen LogP contribution in [0.1, 0.15) is 5.56 Å². The molecule has 4 nitrogen and oxygen atoms in total. The van der Waals surface area contributed by atoms with Crippen molar-refractivity contribution in [1.29, 1.82) is 0 Å². The molecule has 3 rings (SSSR count). The van der Waals surface area contributed by atoms with Gasteiger partial charge >= 0.3 is 6.18 Å². The zero-order chi connectivity index (χ0) is 16.4. The molecule has 1 aromatic carbocycles. The second kappa shape index (κ2) is 6.08. The first-order valence-corrected chi connectivity index (χ1v) is 7.21. The number of hydrogen-bond acceptors (Lipinski definition) is 4. The molecule has 7 heteroatoms. The van der Waals surface area contributed by atoms with Crippen molar-refractivity contribution in [3.63, 3.8) is 0 Å². The first-order chi connectivity index (χ1) is 10.9. The van der Waals surface area contributed by atoms with Crippen LogP contribution in [0.25, 0.3) is 11.1 Å². The van der Waals surface area contributed by atoms with E-state index in [1.807, 2.05) is 4.90 Å². The van der Waals surface area contributed by atoms with Gasteiger partial charge in [-0.05, 0) is 23.8 Å². The molecule has 23 heavy (non-hydrogen) atoms. The fourth-order valence-electron chi connectivity index (χ4n) is 2.51. The molecule has 1 fully saturated rings. The van der Waals surface area contributed by atoms with Crippen LogP contribution >= 0.6 is 0 Å². The molecule has 0 bridgehead atoms. The van der Waals surface area contributed by atoms with Crippen molar-refractivity contribution in [2.75, 3.05) is 36.9 Å². The fraction of sp³-hybridized carbons (Fsp3) is 0.312. The number of hydrogen-bond donors (Lipinski definition) is 1. The Kier molecular flexibility index (Phi) is 4.12. The van der Waals surface area contributed by atoms with Crippen LogP contribution in [-0.4, -0.2) is 31.3 Å². The van der Waals surface area contributed by atoms with Crippen LogP contribution in [-0.2, 0) is 10.9 Å². The second-order valence-corrected chi connectivity index (χ2v) is 5.31. The number of pyridine rings is 1. The Labute approximate surface area is 131 Å². The third kappa shape index (κ3) is 3.39. The minimum absolute atomic E-state index is 0.446. The largest absolute Gasteiger partial charge is 0.417 e. The molecule has 0 amide bonds. The minimum atomic E-state index is -4.43. The third-order valence-corrected chi connectivity index (χ3v) is 3.73. The van der Waals surface area contributed by atoms with E-state index >= 15 is 0 Å². The van der Waals surface area contributed by atoms with E-state index in [1.165, 1.54) is 0 Å². The van der Waals surface area contributed by atoms with Gasteiger partial charge in [-0.3, -0.25) is 0 Å². The van der Waals surface area contributed by atoms with Crippen LogP contribution < -0.4 is 10.6 Å². The zero-order valence-electron chi connectivity index (χ0n) is 12.3. The standard InChI is InChI=1S/C16H16F3N3O/c17-16(18,19)12-9-14(11-1-3-13(20)4-2-11)15(21-10-12)22-5-7-23-8-6-22/h1-4,9-10H,5-8,20H2. The highest BCUT2D eigenvalue weighted by Gasteiger charge is 2.32. The van der Waals surface area contributed by atoms with E-state index < -0.39 is 11.7 Å². The molecule has 0 radical (unpaired) electrons. The Hall–Kier alpha value is -2.28. The summed E-state index contributed by atoms with van der Waals surface area (Å²) in [6.07, 6.45) is -3.55. The smallest absolute Gasteiger partial charge is 0.399 e. The lowest BCUT2D eigenvalue weighted by Crippen LogP contribution is -2.37. The molecule has 1 aliphatic heterocycles. The first-order valence-electron chi connectivity index (χ1n) is 7.21. The van der Waals surface area contributed by atoms with Crippen molar-refractivity contribution in [2.45, 2.75) is 6.18 Å². The predicted octanol–water partition coefficient (Wildman–Crippen LogP) is 3.19. The van der Waals surface area contributed by atoms with Gasteiger partial charge in [0.2, 0.25) is 0 Å². The van der Waals surface area contributed by atoms with Gasteiger partial charge in [0.25, 0.3) is 0 Å². The summed E-state index contributed by atoms with van der Waals surface area (Å²) in [5, 5.41) is 0. The number of halogens is 3. The van der Waals surface area contributed by atoms with Crippen LogP contribution in [0.2, 0.25) is 0 Å². The average Bonchev–Trinajstić information content (AvgIpc) is 2.55. The van der Waals surface area contributed by atoms with Gasteiger partial charge in [0.05, 0.1) is 18.8 Å². The maximum Gasteiger partial charge on any atom is 0.417 e. The van der Waals surface area contributed by atoms with Gasteiger partial charge in [-0.2, -0.15) is 13.2 Å². The quantitative estimate of drug-likeness (QED) is 0.863. The summed E-state index contributed by atoms with van der Waals surface area (Å²) in [4.78, 5) is 6.03. The van der Waals surface area contributed by atoms with Gasteiger partial charge in [0.15, 0.2) is 0 Å². The number of benzene rings is 1. The normalized spacial score (nSPS) is 15.7. The van der Waals surface area contributed by atoms with Crippen LogP contribution in [0.3, 0.4) is 0 Å². The zero-order valence-corrected chi connectivity index (χ0v) is 12.3. The number of rotatable bonds is 2. The third-order valence-electron chi connectivity index (χ3n) is 3.73. The molecule has 0 spiro atoms. The van der Waals surface area contributed by atoms with Crippen LogP contribution in [0.5, 0.6) is 0 Å². The lowest BCUT2D eigenvalue weighted by Gasteiger charge is -2.30. The Morgan fingerprint density at radius 3 is 2.35 bits per heavy atom. The Balaban J connectivity index is 2.09. The van der Waals surface area contributed by atoms with E-state index in [9.17, 15) is 13.2 Å². The number of nitrogen functional groups attached to an aromatic ring is 1. The number of ether oxygens (including phenoxy) is 1. The topological polar surface area (TPSA) is 51.4 Å². The number of anilines is 2. The molecule has 0 atom stereocenters. The molecule has 2 aromatic rings. The van der Waals surface area contributed by atoms with Crippen LogP contribution in [0.15, 0.2) is 36.5 Å². The SMILES string of the molecule is Nc1ccc(-c2cc(C(F)(F)F)cnc2N2CCOCC2)cc1. The Morgan fingerprint density at radius 1 is 1.09 bits per heavy atom. The number of morpholine rings is 1. The first kappa shape index (κ1) is 15.6. The summed E-state index contributed by atoms with van der Waals surface area (Å²) in [6.45, 7) is 2.26. The molecule has 2 N–H and O–H groups in total. The van der Waals surface area contributed by atoms with E-state index in [-0.39, 0.29) is 0 Å². The number of nitrogens with two attached hydrogens (primary N) is 1. The van der Waals surface area contributed by atoms with Gasteiger partial charge in [-0.15, -0.1) is 0 Å². The summed E-state index contributed by atoms with van der Waals surface area (Å²) in [5.41, 5.74) is 6.55. The highest BCUT2D eigenvalue weighted by atomic mass is 19.4. The van der Waals surface area contributed by atoms with E-state index in [4.69, 9.17) is 10.5 Å². The number of nitrogens with zero attached hydrogens (tertiary/aromatic N) is 2. The maximum absolute atomic E-state index is 13.0. The Bertz CT molecular complexity index is 680. The summed E-state index contributed by atoms with van der Waals surface area (Å²) in [6, 6.07) is 7.88. The van der Waals surface area contributed by atoms with Crippen molar-refractivity contribution >= 4 is 11.5 Å². The maximum atomic E-state index is 13.0. The van der Waals surface area contributed by atoms with Gasteiger partial charge in [0.1, 0.15) is 5.82 Å². The average molecular weight is 323 g/mol. The van der Waals surface area contributed by atoms with Crippen molar-refractivity contribution in [1.82, 2.24) is 4.98 Å². The lowest BCUT2D eigenvalue weighted by molar-refractivity contribution is -0.137. The predicted molar refractivity (Wildman–Crippen MR) is 82.1 cm³/mol. The highest BCUT2D eigenvalue weighted by Crippen LogP contribution is 2.36. The van der Waals surface area contributed by atoms with E-state index in [0.29, 0.717) is 48.9 Å². The molecular formula is C16H16F3N3O. The van der Waals surface area contributed by atoms with Crippen LogP contribution in [0.4, 0.5) is 24.7 Å². The molecule has 122 valence electrons. The molecular weight excluding hydrogens is 307 g/mol. The monoisotopic (exact) mass is 323 g/mol. The van der Waals surface area contributed by atoms with Gasteiger partial charge in [0, 0.05) is 30.5 Å². The van der Waals surface area contributed by atoms with Crippen molar-refractivity contribution in [2.24, 2.45) is 0 Å². The second-order valence-electron chi connectivity index (χ2n) is 5.31. The van der Waals surface area contributed by atoms with Crippen LogP contribution in [0, 0.1) is 0 Å². The van der Waals surface area contributed by atoms with Crippen molar-refractivity contribution in [3.05, 3.63) is 42.1 Å². The highest BCUT2D eigenvalue weighted by molar-refractivity contribution is 5.77. The van der Waals surface area contributed by atoms with E-state index in [1.54, 1.807) is 24.3 Å². The van der Waals surface area contributed by atoms with Gasteiger partial charge in [-0.1, -0.05) is 12.1 Å². The number of aromatic nitrogens is 1. The molecule has 1 saturated heterocycles. The van der Waals surface area contributed by atoms with E-state index in [0.717, 1.165) is 12.3 Å². The van der Waals surface area contributed by atoms with Gasteiger partial charge in [-0.25, -0.2) is 4.98 Å². The number of alkyl halides is 3. The molecule has 1 aliphatic rings. The summed E-state index contributed by atoms with van der Waals surface area (Å²) in [7, 11) is 0. The Morgan fingerprint density at radius 2 is 1.74 bits per heavy atom. The summed E-state index contributed by atoms with van der Waals surface area (Å²) in [5.74, 6) is 0.533. The molecule has 2 heterocycles. The molecule has 1 aromatic heterocycles. The minimum Gasteiger partial charge on any atom is -0.399 e. The molecule has 0 saturated carbocycles. The molecule has 0 aliphatic carbocycles. The fourth-order valence-corrected chi connectivity index (χ4v) is 2.51. The summed E-state index contributed by atoms with van der Waals surface area (Å²) >= 11 is 0. The van der Waals surface area contributed by atoms with Crippen molar-refractivity contribution in [3.8, 4) is 11.1 Å². The van der Waals surface area contributed by atoms with Crippen molar-refractivity contribution < 1.29 is 17.9 Å². The van der Waals surface area contributed by atoms with E-state index in [2.05, 4.69) is 4.98 Å². The summed E-state index contributed by atoms with van der Waals surface area (Å²) < 4.78 is 44.4. The lowest BCUT2D eigenvalue weighted by atomic mass is 10.0. The van der Waals surface area contributed by atoms with Gasteiger partial charge < -0.3 is 15.4 Å².